The van der Waals surface area contributed by atoms with Gasteiger partial charge in [0.15, 0.2) is 5.65 Å². The molecule has 1 saturated heterocycles. The monoisotopic (exact) mass is 498 g/mol. The van der Waals surface area contributed by atoms with Gasteiger partial charge in [0.05, 0.1) is 30.9 Å². The van der Waals surface area contributed by atoms with Crippen molar-refractivity contribution in [3.8, 4) is 11.1 Å². The van der Waals surface area contributed by atoms with Gasteiger partial charge in [-0.3, -0.25) is 9.59 Å². The number of hydrogen-bond acceptors (Lipinski definition) is 6. The zero-order chi connectivity index (χ0) is 25.8. The number of anilines is 2. The molecule has 3 aromatic heterocycles. The van der Waals surface area contributed by atoms with Gasteiger partial charge in [-0.2, -0.15) is 0 Å². The van der Waals surface area contributed by atoms with Gasteiger partial charge in [0.2, 0.25) is 5.91 Å². The van der Waals surface area contributed by atoms with E-state index in [1.807, 2.05) is 61.0 Å². The Labute approximate surface area is 215 Å². The van der Waals surface area contributed by atoms with Crippen LogP contribution in [0, 0.1) is 0 Å². The number of carbonyl (C=O) groups is 2. The Morgan fingerprint density at radius 2 is 1.89 bits per heavy atom. The average molecular weight is 499 g/mol. The Morgan fingerprint density at radius 1 is 1.05 bits per heavy atom. The zero-order valence-electron chi connectivity index (χ0n) is 21.0. The van der Waals surface area contributed by atoms with E-state index >= 15 is 0 Å². The Hall–Kier alpha value is -4.24. The van der Waals surface area contributed by atoms with Crippen molar-refractivity contribution in [3.05, 3.63) is 78.4 Å². The number of imidazole rings is 1. The van der Waals surface area contributed by atoms with Crippen molar-refractivity contribution in [2.24, 2.45) is 0 Å². The molecule has 4 heterocycles. The van der Waals surface area contributed by atoms with Crippen molar-refractivity contribution in [2.45, 2.75) is 26.3 Å². The molecule has 4 aromatic rings. The van der Waals surface area contributed by atoms with Crippen LogP contribution in [0.25, 0.3) is 16.8 Å². The van der Waals surface area contributed by atoms with Gasteiger partial charge in [0.25, 0.3) is 5.91 Å². The minimum atomic E-state index is -0.0399. The number of nitrogens with zero attached hydrogens (tertiary/aromatic N) is 4. The third kappa shape index (κ3) is 5.78. The summed E-state index contributed by atoms with van der Waals surface area (Å²) in [6.07, 6.45) is 7.57. The van der Waals surface area contributed by atoms with Crippen LogP contribution in [0.2, 0.25) is 0 Å². The highest BCUT2D eigenvalue weighted by molar-refractivity contribution is 5.94. The number of rotatable bonds is 7. The van der Waals surface area contributed by atoms with Crippen molar-refractivity contribution in [3.63, 3.8) is 0 Å². The highest BCUT2D eigenvalue weighted by Crippen LogP contribution is 2.28. The summed E-state index contributed by atoms with van der Waals surface area (Å²) in [5.74, 6) is 0.572. The van der Waals surface area contributed by atoms with E-state index in [1.165, 1.54) is 0 Å². The average Bonchev–Trinajstić information content (AvgIpc) is 3.38. The fraction of sp³-hybridized carbons (Fsp3) is 0.286. The van der Waals surface area contributed by atoms with E-state index in [0.29, 0.717) is 44.1 Å². The smallest absolute Gasteiger partial charge is 0.255 e. The van der Waals surface area contributed by atoms with E-state index in [9.17, 15) is 9.59 Å². The minimum absolute atomic E-state index is 0.00110. The molecule has 0 spiro atoms. The molecule has 2 amide bonds. The number of carbonyl (C=O) groups excluding carboxylic acids is 2. The van der Waals surface area contributed by atoms with Crippen LogP contribution >= 0.6 is 0 Å². The lowest BCUT2D eigenvalue weighted by Gasteiger charge is -2.26. The quantitative estimate of drug-likeness (QED) is 0.403. The largest absolute Gasteiger partial charge is 0.378 e. The van der Waals surface area contributed by atoms with Crippen LogP contribution in [0.15, 0.2) is 67.3 Å². The predicted molar refractivity (Wildman–Crippen MR) is 142 cm³/mol. The van der Waals surface area contributed by atoms with Crippen LogP contribution in [0.3, 0.4) is 0 Å². The highest BCUT2D eigenvalue weighted by atomic mass is 16.5. The first-order chi connectivity index (χ1) is 18.0. The fourth-order valence-corrected chi connectivity index (χ4v) is 4.38. The lowest BCUT2D eigenvalue weighted by molar-refractivity contribution is -0.120. The van der Waals surface area contributed by atoms with Gasteiger partial charge >= 0.3 is 0 Å². The number of nitrogens with one attached hydrogen (secondary N) is 2. The Morgan fingerprint density at radius 3 is 2.65 bits per heavy atom. The van der Waals surface area contributed by atoms with Gasteiger partial charge in [0, 0.05) is 49.5 Å². The van der Waals surface area contributed by atoms with Crippen LogP contribution in [-0.4, -0.2) is 63.4 Å². The molecule has 2 N–H and O–H groups in total. The van der Waals surface area contributed by atoms with E-state index in [2.05, 4.69) is 20.6 Å². The molecule has 0 atom stereocenters. The van der Waals surface area contributed by atoms with Crippen molar-refractivity contribution in [1.29, 1.82) is 0 Å². The molecule has 0 radical (unpaired) electrons. The van der Waals surface area contributed by atoms with Crippen LogP contribution in [-0.2, 0) is 16.0 Å². The number of benzene rings is 1. The second-order valence-electron chi connectivity index (χ2n) is 9.36. The molecule has 37 heavy (non-hydrogen) atoms. The van der Waals surface area contributed by atoms with Crippen molar-refractivity contribution in [2.75, 3.05) is 31.6 Å². The summed E-state index contributed by atoms with van der Waals surface area (Å²) in [6, 6.07) is 13.7. The molecule has 1 aromatic carbocycles. The molecule has 5 rings (SSSR count). The normalized spacial score (nSPS) is 13.6. The maximum atomic E-state index is 12.7. The first kappa shape index (κ1) is 24.5. The highest BCUT2D eigenvalue weighted by Gasteiger charge is 2.19. The maximum Gasteiger partial charge on any atom is 0.255 e. The first-order valence-electron chi connectivity index (χ1n) is 12.4. The Kier molecular flexibility index (Phi) is 7.14. The molecular formula is C28H30N6O3. The SMILES string of the molecule is CC(C)NC(=O)Cc1cccc(-c2cc(Nc3ccc(C(=O)N4CCOCC4)cn3)c3nccn3c2)c1. The van der Waals surface area contributed by atoms with Gasteiger partial charge in [-0.05, 0) is 43.2 Å². The van der Waals surface area contributed by atoms with Crippen molar-refractivity contribution < 1.29 is 14.3 Å². The van der Waals surface area contributed by atoms with Crippen LogP contribution in [0.5, 0.6) is 0 Å². The number of pyridine rings is 2. The number of amides is 2. The molecule has 1 aliphatic heterocycles. The number of morpholine rings is 1. The van der Waals surface area contributed by atoms with Crippen LogP contribution in [0.4, 0.5) is 11.5 Å². The molecule has 0 aliphatic carbocycles. The molecule has 1 aliphatic rings. The molecular weight excluding hydrogens is 468 g/mol. The van der Waals surface area contributed by atoms with Crippen molar-refractivity contribution in [1.82, 2.24) is 24.6 Å². The third-order valence-corrected chi connectivity index (χ3v) is 6.13. The second-order valence-corrected chi connectivity index (χ2v) is 9.36. The van der Waals surface area contributed by atoms with Gasteiger partial charge in [-0.25, -0.2) is 9.97 Å². The molecule has 9 heteroatoms. The third-order valence-electron chi connectivity index (χ3n) is 6.13. The summed E-state index contributed by atoms with van der Waals surface area (Å²) in [5, 5.41) is 6.29. The second kappa shape index (κ2) is 10.8. The van der Waals surface area contributed by atoms with Gasteiger partial charge in [0.1, 0.15) is 5.82 Å². The van der Waals surface area contributed by atoms with Gasteiger partial charge < -0.3 is 24.7 Å². The van der Waals surface area contributed by atoms with Crippen molar-refractivity contribution >= 4 is 29.0 Å². The molecule has 0 bridgehead atoms. The van der Waals surface area contributed by atoms with E-state index in [-0.39, 0.29) is 17.9 Å². The topological polar surface area (TPSA) is 101 Å². The van der Waals surface area contributed by atoms with E-state index in [0.717, 1.165) is 28.0 Å². The molecule has 190 valence electrons. The summed E-state index contributed by atoms with van der Waals surface area (Å²) in [6.45, 7) is 6.20. The van der Waals surface area contributed by atoms with E-state index in [1.54, 1.807) is 29.4 Å². The van der Waals surface area contributed by atoms with E-state index < -0.39 is 0 Å². The summed E-state index contributed by atoms with van der Waals surface area (Å²) in [7, 11) is 0. The number of aromatic nitrogens is 3. The Balaban J connectivity index is 1.38. The molecule has 0 saturated carbocycles. The summed E-state index contributed by atoms with van der Waals surface area (Å²) in [5.41, 5.74) is 4.99. The van der Waals surface area contributed by atoms with E-state index in [4.69, 9.17) is 4.74 Å². The lowest BCUT2D eigenvalue weighted by Crippen LogP contribution is -2.40. The minimum Gasteiger partial charge on any atom is -0.378 e. The van der Waals surface area contributed by atoms with Gasteiger partial charge in [-0.15, -0.1) is 0 Å². The fourth-order valence-electron chi connectivity index (χ4n) is 4.38. The lowest BCUT2D eigenvalue weighted by atomic mass is 10.0. The summed E-state index contributed by atoms with van der Waals surface area (Å²) >= 11 is 0. The maximum absolute atomic E-state index is 12.7. The molecule has 1 fully saturated rings. The Bertz CT molecular complexity index is 1410. The molecule has 9 nitrogen and oxygen atoms in total. The summed E-state index contributed by atoms with van der Waals surface area (Å²) in [4.78, 5) is 35.7. The predicted octanol–water partition coefficient (Wildman–Crippen LogP) is 3.68. The molecule has 0 unspecified atom stereocenters. The number of hydrogen-bond donors (Lipinski definition) is 2. The van der Waals surface area contributed by atoms with Gasteiger partial charge in [-0.1, -0.05) is 24.3 Å². The number of fused-ring (bicyclic) bond motifs is 1. The zero-order valence-corrected chi connectivity index (χ0v) is 21.0. The van der Waals surface area contributed by atoms with Crippen LogP contribution in [0.1, 0.15) is 29.8 Å². The van der Waals surface area contributed by atoms with Crippen LogP contribution < -0.4 is 10.6 Å². The standard InChI is InChI=1S/C28H30N6O3/c1-19(2)31-26(35)15-20-4-3-5-21(14-20)23-16-24(27-29-8-9-34(27)18-23)32-25-7-6-22(17-30-25)28(36)33-10-12-37-13-11-33/h3-9,14,16-19H,10-13,15H2,1-2H3,(H,30,32)(H,31,35). The summed E-state index contributed by atoms with van der Waals surface area (Å²) < 4.78 is 7.28. The number of ether oxygens (including phenoxy) is 1. The first-order valence-corrected chi connectivity index (χ1v) is 12.4.